The van der Waals surface area contributed by atoms with E-state index in [1.807, 2.05) is 36.4 Å². The van der Waals surface area contributed by atoms with Crippen molar-refractivity contribution in [2.45, 2.75) is 144 Å². The molecule has 2 rings (SSSR count). The van der Waals surface area contributed by atoms with Gasteiger partial charge in [-0.05, 0) is 64.5 Å². The number of hydrogen-bond acceptors (Lipinski definition) is 10. The molecular formula is C42H70O10Zr. The summed E-state index contributed by atoms with van der Waals surface area (Å²) in [5.74, 6) is 2.50. The van der Waals surface area contributed by atoms with Gasteiger partial charge in [-0.15, -0.1) is 0 Å². The summed E-state index contributed by atoms with van der Waals surface area (Å²) in [5, 5.41) is 23.2. The molecule has 0 saturated heterocycles. The van der Waals surface area contributed by atoms with Crippen molar-refractivity contribution in [2.75, 3.05) is 52.9 Å². The summed E-state index contributed by atoms with van der Waals surface area (Å²) in [6.45, 7) is 20.1. The molecule has 302 valence electrons. The van der Waals surface area contributed by atoms with Crippen molar-refractivity contribution in [1.82, 2.24) is 0 Å². The van der Waals surface area contributed by atoms with Gasteiger partial charge < -0.3 is 48.7 Å². The van der Waals surface area contributed by atoms with E-state index in [-0.39, 0.29) is 39.4 Å². The van der Waals surface area contributed by atoms with Gasteiger partial charge in [-0.1, -0.05) is 104 Å². The molecule has 0 aliphatic rings. The Labute approximate surface area is 340 Å². The Kier molecular flexibility index (Phi) is 30.5. The molecular weight excluding hydrogens is 756 g/mol. The zero-order valence-electron chi connectivity index (χ0n) is 34.2. The fourth-order valence-electron chi connectivity index (χ4n) is 5.00. The molecule has 0 radical (unpaired) electrons. The van der Waals surface area contributed by atoms with E-state index in [9.17, 15) is 10.5 Å². The Hall–Kier alpha value is -1.72. The van der Waals surface area contributed by atoms with Gasteiger partial charge in [-0.25, -0.2) is 0 Å². The van der Waals surface area contributed by atoms with Gasteiger partial charge in [0.05, 0.1) is 39.6 Å². The minimum atomic E-state index is -1.13. The van der Waals surface area contributed by atoms with Gasteiger partial charge in [0.25, 0.3) is 0 Å². The van der Waals surface area contributed by atoms with E-state index in [1.165, 1.54) is 0 Å². The van der Waals surface area contributed by atoms with Crippen molar-refractivity contribution in [3.63, 3.8) is 0 Å². The molecule has 2 atom stereocenters. The van der Waals surface area contributed by atoms with Crippen LogP contribution in [0.2, 0.25) is 0 Å². The third-order valence-electron chi connectivity index (χ3n) is 8.50. The Morgan fingerprint density at radius 3 is 1.06 bits per heavy atom. The van der Waals surface area contributed by atoms with Crippen LogP contribution < -0.4 is 29.5 Å². The number of para-hydroxylation sites is 2. The van der Waals surface area contributed by atoms with Gasteiger partial charge in [-0.3, -0.25) is 0 Å². The number of unbranched alkanes of at least 4 members (excludes halogenated alkanes) is 6. The molecule has 2 unspecified atom stereocenters. The molecule has 0 aliphatic heterocycles. The quantitative estimate of drug-likeness (QED) is 0.0430. The molecule has 0 heterocycles. The van der Waals surface area contributed by atoms with Crippen LogP contribution in [0.5, 0.6) is 23.0 Å². The van der Waals surface area contributed by atoms with E-state index >= 15 is 0 Å². The van der Waals surface area contributed by atoms with E-state index < -0.39 is 11.2 Å². The summed E-state index contributed by atoms with van der Waals surface area (Å²) in [6.07, 6.45) is 12.0. The molecule has 2 aromatic rings. The number of benzene rings is 2. The van der Waals surface area contributed by atoms with Gasteiger partial charge in [-0.2, -0.15) is 0 Å². The van der Waals surface area contributed by atoms with Crippen molar-refractivity contribution in [3.8, 4) is 23.0 Å². The number of rotatable bonds is 30. The molecule has 0 aliphatic carbocycles. The van der Waals surface area contributed by atoms with Crippen molar-refractivity contribution in [2.24, 2.45) is 0 Å². The predicted octanol–water partition coefficient (Wildman–Crippen LogP) is 8.73. The molecule has 0 fully saturated rings. The smallest absolute Gasteiger partial charge is 0.723 e. The maximum atomic E-state index is 11.6. The fourth-order valence-corrected chi connectivity index (χ4v) is 5.00. The first-order valence-electron chi connectivity index (χ1n) is 19.8. The van der Waals surface area contributed by atoms with E-state index in [4.69, 9.17) is 28.4 Å². The van der Waals surface area contributed by atoms with Crippen molar-refractivity contribution in [1.29, 1.82) is 0 Å². The third kappa shape index (κ3) is 19.1. The van der Waals surface area contributed by atoms with Gasteiger partial charge >= 0.3 is 26.2 Å². The molecule has 53 heavy (non-hydrogen) atoms. The fraction of sp³-hybridized carbons (Fsp3) is 0.714. The maximum absolute atomic E-state index is 11.6. The molecule has 0 N–H and O–H groups in total. The van der Waals surface area contributed by atoms with Gasteiger partial charge in [0.2, 0.25) is 0 Å². The minimum Gasteiger partial charge on any atom is -0.723 e. The van der Waals surface area contributed by atoms with Crippen LogP contribution in [0.3, 0.4) is 0 Å². The van der Waals surface area contributed by atoms with Crippen LogP contribution in [-0.4, -0.2) is 52.9 Å². The van der Waals surface area contributed by atoms with Crippen LogP contribution in [0.25, 0.3) is 0 Å². The summed E-state index contributed by atoms with van der Waals surface area (Å²) in [7, 11) is 0. The predicted molar refractivity (Wildman–Crippen MR) is 203 cm³/mol. The normalized spacial score (nSPS) is 13.2. The Bertz CT molecular complexity index is 1080. The van der Waals surface area contributed by atoms with Crippen LogP contribution in [0, 0.1) is 0 Å². The van der Waals surface area contributed by atoms with E-state index in [0.29, 0.717) is 73.8 Å². The number of ether oxygens (including phenoxy) is 6. The van der Waals surface area contributed by atoms with E-state index in [1.54, 1.807) is 13.8 Å². The molecule has 0 amide bonds. The van der Waals surface area contributed by atoms with Crippen molar-refractivity contribution >= 4 is 0 Å². The van der Waals surface area contributed by atoms with E-state index in [0.717, 1.165) is 77.0 Å². The standard InChI is InChI=1S/2C21H36O5.Zr/c2*1-5-8-14-23-17-21(4,26-22)18-12-11-13-19(24-15-9-6-2)20(18)25-16-10-7-3;/h2*11-13,22H,5-10,14-17H2,1-4H3;/q;;+2/p-2. The SMILES string of the molecule is CCCCOCC(C)(O[O-])c1cccc(OCCCC)c1OCCCC.CCCCOCC(C)(O[O-])c1cccc(OCCCC)c1OCCCC.[Zr+2]. The van der Waals surface area contributed by atoms with Gasteiger partial charge in [0, 0.05) is 24.3 Å². The second-order valence-electron chi connectivity index (χ2n) is 13.5. The monoisotopic (exact) mass is 824 g/mol. The zero-order valence-corrected chi connectivity index (χ0v) is 36.6. The number of hydrogen-bond donors (Lipinski definition) is 0. The van der Waals surface area contributed by atoms with Crippen LogP contribution in [-0.2, 0) is 56.7 Å². The first-order valence-corrected chi connectivity index (χ1v) is 19.8. The second-order valence-corrected chi connectivity index (χ2v) is 13.5. The summed E-state index contributed by atoms with van der Waals surface area (Å²) < 4.78 is 35.2. The first-order chi connectivity index (χ1) is 25.2. The summed E-state index contributed by atoms with van der Waals surface area (Å²) in [4.78, 5) is 9.24. The molecule has 2 aromatic carbocycles. The minimum absolute atomic E-state index is 0. The summed E-state index contributed by atoms with van der Waals surface area (Å²) in [6, 6.07) is 11.2. The molecule has 0 aromatic heterocycles. The van der Waals surface area contributed by atoms with Crippen LogP contribution >= 0.6 is 0 Å². The van der Waals surface area contributed by atoms with Gasteiger partial charge in [0.15, 0.2) is 23.0 Å². The maximum Gasteiger partial charge on any atom is 2.00 e. The summed E-state index contributed by atoms with van der Waals surface area (Å²) >= 11 is 0. The topological polar surface area (TPSA) is 120 Å². The largest absolute Gasteiger partial charge is 2.00 e. The third-order valence-corrected chi connectivity index (χ3v) is 8.50. The average Bonchev–Trinajstić information content (AvgIpc) is 3.16. The first kappa shape index (κ1) is 51.3. The van der Waals surface area contributed by atoms with Crippen LogP contribution in [0.1, 0.15) is 144 Å². The van der Waals surface area contributed by atoms with Crippen molar-refractivity contribution in [3.05, 3.63) is 47.5 Å². The molecule has 0 bridgehead atoms. The van der Waals surface area contributed by atoms with Crippen LogP contribution in [0.4, 0.5) is 0 Å². The van der Waals surface area contributed by atoms with Gasteiger partial charge in [0.1, 0.15) is 11.2 Å². The molecule has 11 heteroatoms. The summed E-state index contributed by atoms with van der Waals surface area (Å²) in [5.41, 5.74) is -0.901. The van der Waals surface area contributed by atoms with E-state index in [2.05, 4.69) is 51.3 Å². The molecule has 0 spiro atoms. The Balaban J connectivity index is 0.00000100. The van der Waals surface area contributed by atoms with Crippen LogP contribution in [0.15, 0.2) is 36.4 Å². The van der Waals surface area contributed by atoms with Crippen molar-refractivity contribution < 1.29 is 74.9 Å². The Morgan fingerprint density at radius 1 is 0.453 bits per heavy atom. The molecule has 10 nitrogen and oxygen atoms in total. The average molecular weight is 826 g/mol. The second kappa shape index (κ2) is 31.5. The zero-order chi connectivity index (χ0) is 38.5. The molecule has 0 saturated carbocycles. The Morgan fingerprint density at radius 2 is 0.755 bits per heavy atom.